The molecule has 2 aromatic carbocycles. The molecule has 1 aliphatic carbocycles. The van der Waals surface area contributed by atoms with Crippen LogP contribution in [0.15, 0.2) is 47.4 Å². The first kappa shape index (κ1) is 18.8. The van der Waals surface area contributed by atoms with E-state index in [1.165, 1.54) is 0 Å². The van der Waals surface area contributed by atoms with E-state index in [-0.39, 0.29) is 22.5 Å². The summed E-state index contributed by atoms with van der Waals surface area (Å²) in [5.74, 6) is -0.216. The third-order valence-corrected chi connectivity index (χ3v) is 6.07. The number of rotatable bonds is 3. The van der Waals surface area contributed by atoms with Crippen LogP contribution in [0, 0.1) is 0 Å². The molecule has 28 heavy (non-hydrogen) atoms. The molecule has 10 heteroatoms. The van der Waals surface area contributed by atoms with Gasteiger partial charge in [0.2, 0.25) is 10.0 Å². The Hall–Kier alpha value is -2.59. The van der Waals surface area contributed by atoms with Crippen LogP contribution in [0.3, 0.4) is 0 Å². The third-order valence-electron chi connectivity index (χ3n) is 4.59. The highest BCUT2D eigenvalue weighted by molar-refractivity contribution is 7.89. The number of alkyl halides is 3. The van der Waals surface area contributed by atoms with Crippen molar-refractivity contribution in [2.24, 2.45) is 0 Å². The third kappa shape index (κ3) is 3.69. The Labute approximate surface area is 159 Å². The summed E-state index contributed by atoms with van der Waals surface area (Å²) in [6.07, 6.45) is -3.63. The van der Waals surface area contributed by atoms with Crippen molar-refractivity contribution in [1.82, 2.24) is 10.0 Å². The molecule has 0 aromatic heterocycles. The van der Waals surface area contributed by atoms with Gasteiger partial charge in [-0.15, -0.1) is 0 Å². The molecule has 0 radical (unpaired) electrons. The first-order valence-electron chi connectivity index (χ1n) is 8.54. The Balaban J connectivity index is 1.60. The van der Waals surface area contributed by atoms with Gasteiger partial charge in [0, 0.05) is 11.6 Å². The number of fused-ring (bicyclic) bond motifs is 1. The lowest BCUT2D eigenvalue weighted by Gasteiger charge is -2.29. The second-order valence-electron chi connectivity index (χ2n) is 6.78. The Morgan fingerprint density at radius 1 is 1.07 bits per heavy atom. The first-order valence-corrected chi connectivity index (χ1v) is 10.0. The zero-order valence-electron chi connectivity index (χ0n) is 14.4. The standard InChI is InChI=1S/C18H16F3N3O3S/c19-18(20,21)12-5-8-15-14(9-12)23-16(24-28(15,26)27)10-1-3-11(4-2-10)17(25)22-13-6-7-13/h1-5,8-9,13,16,23-24H,6-7H2,(H,22,25). The van der Waals surface area contributed by atoms with Gasteiger partial charge < -0.3 is 10.6 Å². The lowest BCUT2D eigenvalue weighted by atomic mass is 10.1. The second-order valence-corrected chi connectivity index (χ2v) is 8.46. The Bertz CT molecular complexity index is 1030. The molecule has 1 amide bonds. The fourth-order valence-electron chi connectivity index (χ4n) is 2.93. The molecule has 2 aliphatic rings. The number of benzene rings is 2. The highest BCUT2D eigenvalue weighted by Crippen LogP contribution is 2.37. The zero-order chi connectivity index (χ0) is 20.1. The molecule has 1 fully saturated rings. The van der Waals surface area contributed by atoms with Gasteiger partial charge in [-0.2, -0.15) is 17.9 Å². The van der Waals surface area contributed by atoms with Crippen LogP contribution >= 0.6 is 0 Å². The molecule has 6 nitrogen and oxygen atoms in total. The Morgan fingerprint density at radius 2 is 1.75 bits per heavy atom. The Kier molecular flexibility index (Phi) is 4.35. The SMILES string of the molecule is O=C(NC1CC1)c1ccc(C2Nc3cc(C(F)(F)F)ccc3S(=O)(=O)N2)cc1. The van der Waals surface area contributed by atoms with Crippen molar-refractivity contribution in [3.05, 3.63) is 59.2 Å². The van der Waals surface area contributed by atoms with Crippen LogP contribution in [0.5, 0.6) is 0 Å². The summed E-state index contributed by atoms with van der Waals surface area (Å²) in [4.78, 5) is 11.8. The van der Waals surface area contributed by atoms with Crippen molar-refractivity contribution >= 4 is 21.6 Å². The van der Waals surface area contributed by atoms with Gasteiger partial charge in [0.05, 0.1) is 11.3 Å². The number of carbonyl (C=O) groups excluding carboxylic acids is 1. The maximum absolute atomic E-state index is 13.0. The van der Waals surface area contributed by atoms with Gasteiger partial charge in [0.25, 0.3) is 5.91 Å². The number of nitrogens with one attached hydrogen (secondary N) is 3. The molecule has 1 saturated carbocycles. The van der Waals surface area contributed by atoms with Crippen molar-refractivity contribution in [3.8, 4) is 0 Å². The van der Waals surface area contributed by atoms with Crippen molar-refractivity contribution in [1.29, 1.82) is 0 Å². The van der Waals surface area contributed by atoms with E-state index < -0.39 is 27.9 Å². The normalized spacial score (nSPS) is 20.8. The van der Waals surface area contributed by atoms with E-state index in [0.29, 0.717) is 11.1 Å². The summed E-state index contributed by atoms with van der Waals surface area (Å²) in [5.41, 5.74) is -0.181. The van der Waals surface area contributed by atoms with Crippen LogP contribution in [0.25, 0.3) is 0 Å². The average molecular weight is 411 g/mol. The lowest BCUT2D eigenvalue weighted by molar-refractivity contribution is -0.137. The molecule has 0 spiro atoms. The predicted molar refractivity (Wildman–Crippen MR) is 95.1 cm³/mol. The maximum Gasteiger partial charge on any atom is 0.416 e. The monoisotopic (exact) mass is 411 g/mol. The highest BCUT2D eigenvalue weighted by atomic mass is 32.2. The summed E-state index contributed by atoms with van der Waals surface area (Å²) >= 11 is 0. The van der Waals surface area contributed by atoms with E-state index in [2.05, 4.69) is 15.4 Å². The number of halogens is 3. The van der Waals surface area contributed by atoms with Gasteiger partial charge in [-0.1, -0.05) is 12.1 Å². The molecule has 1 aliphatic heterocycles. The van der Waals surface area contributed by atoms with E-state index in [0.717, 1.165) is 31.0 Å². The van der Waals surface area contributed by atoms with Crippen LogP contribution < -0.4 is 15.4 Å². The molecule has 148 valence electrons. The number of hydrogen-bond donors (Lipinski definition) is 3. The van der Waals surface area contributed by atoms with E-state index >= 15 is 0 Å². The molecule has 2 aromatic rings. The summed E-state index contributed by atoms with van der Waals surface area (Å²) < 4.78 is 66.1. The van der Waals surface area contributed by atoms with Crippen LogP contribution in [-0.4, -0.2) is 20.4 Å². The smallest absolute Gasteiger partial charge is 0.364 e. The number of amides is 1. The van der Waals surface area contributed by atoms with Crippen LogP contribution in [0.4, 0.5) is 18.9 Å². The molecule has 4 rings (SSSR count). The topological polar surface area (TPSA) is 87.3 Å². The van der Waals surface area contributed by atoms with Crippen LogP contribution in [0.1, 0.15) is 40.5 Å². The highest BCUT2D eigenvalue weighted by Gasteiger charge is 2.35. The molecule has 1 atom stereocenters. The van der Waals surface area contributed by atoms with Gasteiger partial charge in [-0.05, 0) is 48.7 Å². The van der Waals surface area contributed by atoms with E-state index in [9.17, 15) is 26.4 Å². The van der Waals surface area contributed by atoms with Gasteiger partial charge in [-0.3, -0.25) is 4.79 Å². The van der Waals surface area contributed by atoms with Gasteiger partial charge in [-0.25, -0.2) is 8.42 Å². The molecule has 0 bridgehead atoms. The fraction of sp³-hybridized carbons (Fsp3) is 0.278. The molecule has 1 heterocycles. The van der Waals surface area contributed by atoms with Crippen molar-refractivity contribution in [3.63, 3.8) is 0 Å². The summed E-state index contributed by atoms with van der Waals surface area (Å²) in [7, 11) is -3.99. The zero-order valence-corrected chi connectivity index (χ0v) is 15.2. The molecule has 1 unspecified atom stereocenters. The number of carbonyl (C=O) groups is 1. The summed E-state index contributed by atoms with van der Waals surface area (Å²) in [6, 6.07) is 8.84. The summed E-state index contributed by atoms with van der Waals surface area (Å²) in [5, 5.41) is 5.62. The molecule has 3 N–H and O–H groups in total. The predicted octanol–water partition coefficient (Wildman–Crippen LogP) is 3.00. The van der Waals surface area contributed by atoms with Gasteiger partial charge >= 0.3 is 6.18 Å². The van der Waals surface area contributed by atoms with Crippen LogP contribution in [-0.2, 0) is 16.2 Å². The average Bonchev–Trinajstić information content (AvgIpc) is 3.44. The Morgan fingerprint density at radius 3 is 2.36 bits per heavy atom. The maximum atomic E-state index is 13.0. The van der Waals surface area contributed by atoms with Crippen LogP contribution in [0.2, 0.25) is 0 Å². The first-order chi connectivity index (χ1) is 13.1. The number of sulfonamides is 1. The van der Waals surface area contributed by atoms with Crippen molar-refractivity contribution < 1.29 is 26.4 Å². The molecular formula is C18H16F3N3O3S. The number of hydrogen-bond acceptors (Lipinski definition) is 4. The molecule has 0 saturated heterocycles. The van der Waals surface area contributed by atoms with E-state index in [1.807, 2.05) is 0 Å². The largest absolute Gasteiger partial charge is 0.416 e. The number of anilines is 1. The lowest BCUT2D eigenvalue weighted by Crippen LogP contribution is -2.38. The minimum atomic E-state index is -4.59. The minimum Gasteiger partial charge on any atom is -0.364 e. The second kappa shape index (κ2) is 6.49. The minimum absolute atomic E-state index is 0.130. The van der Waals surface area contributed by atoms with Gasteiger partial charge in [0.15, 0.2) is 0 Å². The quantitative estimate of drug-likeness (QED) is 0.725. The van der Waals surface area contributed by atoms with Gasteiger partial charge in [0.1, 0.15) is 11.1 Å². The molecular weight excluding hydrogens is 395 g/mol. The van der Waals surface area contributed by atoms with E-state index in [1.54, 1.807) is 24.3 Å². The van der Waals surface area contributed by atoms with E-state index in [4.69, 9.17) is 0 Å². The fourth-order valence-corrected chi connectivity index (χ4v) is 4.22. The summed E-state index contributed by atoms with van der Waals surface area (Å²) in [6.45, 7) is 0. The van der Waals surface area contributed by atoms with Crippen molar-refractivity contribution in [2.75, 3.05) is 5.32 Å². The van der Waals surface area contributed by atoms with Crippen molar-refractivity contribution in [2.45, 2.75) is 36.1 Å².